The van der Waals surface area contributed by atoms with Gasteiger partial charge in [-0.3, -0.25) is 14.1 Å². The Bertz CT molecular complexity index is 277. The van der Waals surface area contributed by atoms with Crippen molar-refractivity contribution in [2.45, 2.75) is 0 Å². The zero-order chi connectivity index (χ0) is 16.5. The zero-order valence-electron chi connectivity index (χ0n) is 10.0. The van der Waals surface area contributed by atoms with Crippen LogP contribution >= 0.6 is 25.3 Å². The van der Waals surface area contributed by atoms with Gasteiger partial charge in [0.15, 0.2) is 0 Å². The molecule has 0 aliphatic rings. The van der Waals surface area contributed by atoms with Crippen LogP contribution in [0, 0.1) is 0 Å². The molecular formula is C7H18O9S3. The lowest BCUT2D eigenvalue weighted by molar-refractivity contribution is -0.134. The Morgan fingerprint density at radius 2 is 1.05 bits per heavy atom. The van der Waals surface area contributed by atoms with Crippen LogP contribution in [0.2, 0.25) is 0 Å². The SMILES string of the molecule is CS(=O)(=O)O.O=C(O)CS.O=C(O)CS.OCCO. The average Bonchev–Trinajstić information content (AvgIpc) is 2.27. The Morgan fingerprint density at radius 1 is 0.947 bits per heavy atom. The van der Waals surface area contributed by atoms with E-state index in [9.17, 15) is 18.0 Å². The van der Waals surface area contributed by atoms with Gasteiger partial charge in [-0.15, -0.1) is 0 Å². The normalized spacial score (nSPS) is 8.53. The van der Waals surface area contributed by atoms with Gasteiger partial charge in [-0.05, 0) is 0 Å². The minimum Gasteiger partial charge on any atom is -0.481 e. The monoisotopic (exact) mass is 342 g/mol. The molecule has 0 aromatic heterocycles. The molecule has 118 valence electrons. The van der Waals surface area contributed by atoms with Gasteiger partial charge in [-0.1, -0.05) is 0 Å². The number of carboxylic acid groups (broad SMARTS) is 2. The molecule has 0 bridgehead atoms. The molecule has 19 heavy (non-hydrogen) atoms. The number of carbonyl (C=O) groups is 2. The molecule has 0 radical (unpaired) electrons. The summed E-state index contributed by atoms with van der Waals surface area (Å²) in [4.78, 5) is 18.6. The quantitative estimate of drug-likeness (QED) is 0.238. The lowest BCUT2D eigenvalue weighted by Gasteiger charge is -1.71. The first-order chi connectivity index (χ1) is 8.45. The Kier molecular flexibility index (Phi) is 28.1. The van der Waals surface area contributed by atoms with E-state index in [1.807, 2.05) is 0 Å². The van der Waals surface area contributed by atoms with E-state index in [2.05, 4.69) is 25.3 Å². The summed E-state index contributed by atoms with van der Waals surface area (Å²) < 4.78 is 25.9. The standard InChI is InChI=1S/2C2H4O2S.C2H6O2.CH4O3S/c2*3-2(4)1-5;3-1-2-4;1-5(2,3)4/h2*5H,1H2,(H,3,4);3-4H,1-2H2;1H3,(H,2,3,4). The van der Waals surface area contributed by atoms with Crippen molar-refractivity contribution >= 4 is 47.3 Å². The highest BCUT2D eigenvalue weighted by molar-refractivity contribution is 7.85. The van der Waals surface area contributed by atoms with Crippen molar-refractivity contribution in [3.63, 3.8) is 0 Å². The summed E-state index contributed by atoms with van der Waals surface area (Å²) in [5.74, 6) is -1.93. The fourth-order valence-corrected chi connectivity index (χ4v) is 0. The average molecular weight is 342 g/mol. The van der Waals surface area contributed by atoms with E-state index in [0.29, 0.717) is 6.26 Å². The summed E-state index contributed by atoms with van der Waals surface area (Å²) in [5, 5.41) is 30.5. The number of carboxylic acids is 2. The van der Waals surface area contributed by atoms with E-state index < -0.39 is 22.1 Å². The third-order valence-corrected chi connectivity index (χ3v) is 0.912. The highest BCUT2D eigenvalue weighted by Gasteiger charge is 1.82. The highest BCUT2D eigenvalue weighted by atomic mass is 32.2. The van der Waals surface area contributed by atoms with E-state index in [0.717, 1.165) is 0 Å². The van der Waals surface area contributed by atoms with Crippen LogP contribution in [0.25, 0.3) is 0 Å². The van der Waals surface area contributed by atoms with Crippen molar-refractivity contribution in [3.8, 4) is 0 Å². The Labute approximate surface area is 121 Å². The summed E-state index contributed by atoms with van der Waals surface area (Å²) in [6.07, 6.45) is 0.715. The number of aliphatic hydroxyl groups excluding tert-OH is 2. The molecule has 0 unspecified atom stereocenters. The predicted octanol–water partition coefficient (Wildman–Crippen LogP) is -1.52. The van der Waals surface area contributed by atoms with Crippen LogP contribution in [-0.4, -0.2) is 76.3 Å². The zero-order valence-corrected chi connectivity index (χ0v) is 12.6. The number of hydrogen-bond donors (Lipinski definition) is 7. The fourth-order valence-electron chi connectivity index (χ4n) is 0. The molecule has 0 heterocycles. The molecule has 5 N–H and O–H groups in total. The molecule has 12 heteroatoms. The second-order valence-corrected chi connectivity index (χ2v) is 4.38. The Balaban J connectivity index is -0.0000000793. The maximum atomic E-state index is 9.29. The van der Waals surface area contributed by atoms with E-state index in [1.54, 1.807) is 0 Å². The van der Waals surface area contributed by atoms with Gasteiger partial charge in [-0.2, -0.15) is 33.7 Å². The van der Waals surface area contributed by atoms with Gasteiger partial charge in [0.05, 0.1) is 31.0 Å². The van der Waals surface area contributed by atoms with Crippen molar-refractivity contribution in [1.29, 1.82) is 0 Å². The van der Waals surface area contributed by atoms with Gasteiger partial charge in [-0.25, -0.2) is 0 Å². The molecular weight excluding hydrogens is 324 g/mol. The number of aliphatic hydroxyl groups is 2. The van der Waals surface area contributed by atoms with E-state index >= 15 is 0 Å². The first-order valence-corrected chi connectivity index (χ1v) is 7.36. The van der Waals surface area contributed by atoms with Crippen LogP contribution in [0.4, 0.5) is 0 Å². The van der Waals surface area contributed by atoms with E-state index in [4.69, 9.17) is 25.0 Å². The molecule has 0 aromatic rings. The van der Waals surface area contributed by atoms with E-state index in [-0.39, 0.29) is 24.7 Å². The maximum absolute atomic E-state index is 9.29. The highest BCUT2D eigenvalue weighted by Crippen LogP contribution is 1.67. The molecule has 0 rings (SSSR count). The van der Waals surface area contributed by atoms with Crippen LogP contribution in [0.15, 0.2) is 0 Å². The summed E-state index contributed by atoms with van der Waals surface area (Å²) >= 11 is 6.83. The van der Waals surface area contributed by atoms with Gasteiger partial charge in [0.1, 0.15) is 0 Å². The molecule has 0 aromatic carbocycles. The molecule has 0 saturated carbocycles. The largest absolute Gasteiger partial charge is 0.481 e. The number of hydrogen-bond acceptors (Lipinski definition) is 8. The summed E-state index contributed by atoms with van der Waals surface area (Å²) in [6.45, 7) is -0.250. The van der Waals surface area contributed by atoms with Crippen molar-refractivity contribution in [2.24, 2.45) is 0 Å². The van der Waals surface area contributed by atoms with Gasteiger partial charge < -0.3 is 20.4 Å². The lowest BCUT2D eigenvalue weighted by Crippen LogP contribution is -1.92. The summed E-state index contributed by atoms with van der Waals surface area (Å²) in [5.41, 5.74) is 0. The van der Waals surface area contributed by atoms with Crippen molar-refractivity contribution in [1.82, 2.24) is 0 Å². The van der Waals surface area contributed by atoms with Crippen LogP contribution < -0.4 is 0 Å². The minimum absolute atomic E-state index is 0.0833. The van der Waals surface area contributed by atoms with Gasteiger partial charge in [0.2, 0.25) is 0 Å². The molecule has 0 amide bonds. The molecule has 0 saturated heterocycles. The molecule has 0 fully saturated rings. The molecule has 0 spiro atoms. The van der Waals surface area contributed by atoms with Crippen LogP contribution in [0.1, 0.15) is 0 Å². The third-order valence-electron chi connectivity index (χ3n) is 0.371. The topological polar surface area (TPSA) is 169 Å². The van der Waals surface area contributed by atoms with Crippen LogP contribution in [0.3, 0.4) is 0 Å². The Hall–Kier alpha value is -0.530. The molecule has 0 aliphatic heterocycles. The first kappa shape index (κ1) is 26.9. The van der Waals surface area contributed by atoms with Crippen LogP contribution in [0.5, 0.6) is 0 Å². The third kappa shape index (κ3) is 209. The number of aliphatic carboxylic acids is 2. The minimum atomic E-state index is -3.67. The number of rotatable bonds is 3. The molecule has 0 aliphatic carbocycles. The Morgan fingerprint density at radius 3 is 1.05 bits per heavy atom. The molecule has 9 nitrogen and oxygen atoms in total. The predicted molar refractivity (Wildman–Crippen MR) is 74.6 cm³/mol. The molecule has 0 atom stereocenters. The summed E-state index contributed by atoms with van der Waals surface area (Å²) in [6, 6.07) is 0. The lowest BCUT2D eigenvalue weighted by atomic mass is 10.8. The van der Waals surface area contributed by atoms with Crippen molar-refractivity contribution in [2.75, 3.05) is 31.0 Å². The van der Waals surface area contributed by atoms with Crippen LogP contribution in [-0.2, 0) is 19.7 Å². The van der Waals surface area contributed by atoms with Gasteiger partial charge in [0.25, 0.3) is 10.1 Å². The second-order valence-electron chi connectivity index (χ2n) is 2.28. The maximum Gasteiger partial charge on any atom is 0.313 e. The number of thiol groups is 2. The smallest absolute Gasteiger partial charge is 0.313 e. The fraction of sp³-hybridized carbons (Fsp3) is 0.714. The van der Waals surface area contributed by atoms with Gasteiger partial charge >= 0.3 is 11.9 Å². The van der Waals surface area contributed by atoms with Crippen molar-refractivity contribution in [3.05, 3.63) is 0 Å². The summed E-state index contributed by atoms with van der Waals surface area (Å²) in [7, 11) is -3.67. The first-order valence-electron chi connectivity index (χ1n) is 4.25. The van der Waals surface area contributed by atoms with Crippen molar-refractivity contribution < 1.29 is 43.0 Å². The van der Waals surface area contributed by atoms with Gasteiger partial charge in [0, 0.05) is 0 Å². The second kappa shape index (κ2) is 19.8. The van der Waals surface area contributed by atoms with E-state index in [1.165, 1.54) is 0 Å².